The Morgan fingerprint density at radius 1 is 1.38 bits per heavy atom. The van der Waals surface area contributed by atoms with Gasteiger partial charge >= 0.3 is 6.18 Å². The van der Waals surface area contributed by atoms with Crippen LogP contribution in [0.25, 0.3) is 0 Å². The van der Waals surface area contributed by atoms with Crippen molar-refractivity contribution in [2.24, 2.45) is 5.92 Å². The quantitative estimate of drug-likeness (QED) is 0.899. The van der Waals surface area contributed by atoms with Gasteiger partial charge in [0.15, 0.2) is 6.61 Å². The molecule has 0 unspecified atom stereocenters. The number of hydrogen-bond acceptors (Lipinski definition) is 3. The number of anilines is 1. The third-order valence-corrected chi connectivity index (χ3v) is 3.20. The number of amides is 1. The first-order valence-electron chi connectivity index (χ1n) is 6.76. The second-order valence-corrected chi connectivity index (χ2v) is 4.93. The van der Waals surface area contributed by atoms with Gasteiger partial charge in [0.25, 0.3) is 0 Å². The van der Waals surface area contributed by atoms with Crippen molar-refractivity contribution in [1.29, 1.82) is 0 Å². The summed E-state index contributed by atoms with van der Waals surface area (Å²) in [5.74, 6) is -0.355. The predicted molar refractivity (Wildman–Crippen MR) is 72.2 cm³/mol. The van der Waals surface area contributed by atoms with E-state index in [1.165, 1.54) is 12.1 Å². The normalized spacial score (nSPS) is 19.1. The largest absolute Gasteiger partial charge is 0.482 e. The summed E-state index contributed by atoms with van der Waals surface area (Å²) in [5, 5.41) is 5.77. The van der Waals surface area contributed by atoms with Crippen LogP contribution in [0, 0.1) is 5.92 Å². The summed E-state index contributed by atoms with van der Waals surface area (Å²) in [6.07, 6.45) is -2.74. The number of carbonyl (C=O) groups is 1. The number of ether oxygens (including phenoxy) is 1. The van der Waals surface area contributed by atoms with E-state index in [9.17, 15) is 18.0 Å². The van der Waals surface area contributed by atoms with Crippen LogP contribution in [0.5, 0.6) is 5.75 Å². The van der Waals surface area contributed by atoms with Gasteiger partial charge in [-0.1, -0.05) is 12.1 Å². The molecule has 0 saturated carbocycles. The molecule has 1 fully saturated rings. The van der Waals surface area contributed by atoms with E-state index in [4.69, 9.17) is 4.74 Å². The van der Waals surface area contributed by atoms with Crippen LogP contribution in [0.2, 0.25) is 0 Å². The molecule has 1 aliphatic heterocycles. The molecule has 0 aromatic heterocycles. The van der Waals surface area contributed by atoms with E-state index in [-0.39, 0.29) is 23.3 Å². The lowest BCUT2D eigenvalue weighted by molar-refractivity contribution is -0.153. The van der Waals surface area contributed by atoms with Crippen molar-refractivity contribution < 1.29 is 22.7 Å². The van der Waals surface area contributed by atoms with Crippen molar-refractivity contribution in [1.82, 2.24) is 5.32 Å². The van der Waals surface area contributed by atoms with Gasteiger partial charge in [-0.05, 0) is 31.5 Å². The fourth-order valence-corrected chi connectivity index (χ4v) is 2.17. The number of para-hydroxylation sites is 2. The number of alkyl halides is 3. The number of hydrogen-bond donors (Lipinski definition) is 2. The molecular weight excluding hydrogens is 285 g/mol. The monoisotopic (exact) mass is 302 g/mol. The minimum Gasteiger partial charge on any atom is -0.482 e. The fraction of sp³-hybridized carbons (Fsp3) is 0.500. The topological polar surface area (TPSA) is 50.4 Å². The number of carbonyl (C=O) groups excluding carboxylic acids is 1. The van der Waals surface area contributed by atoms with Gasteiger partial charge in [-0.25, -0.2) is 0 Å². The van der Waals surface area contributed by atoms with Gasteiger partial charge in [-0.2, -0.15) is 13.2 Å². The molecule has 0 aliphatic carbocycles. The summed E-state index contributed by atoms with van der Waals surface area (Å²) in [6, 6.07) is 6.12. The SMILES string of the molecule is O=C(Nc1ccccc1OCC(F)(F)F)[C@H]1CCCNC1. The van der Waals surface area contributed by atoms with Crippen molar-refractivity contribution in [3.8, 4) is 5.75 Å². The molecule has 0 bridgehead atoms. The molecule has 0 radical (unpaired) electrons. The zero-order valence-electron chi connectivity index (χ0n) is 11.4. The van der Waals surface area contributed by atoms with Gasteiger partial charge in [-0.3, -0.25) is 4.79 Å². The summed E-state index contributed by atoms with van der Waals surface area (Å²) < 4.78 is 41.4. The zero-order chi connectivity index (χ0) is 15.3. The maximum Gasteiger partial charge on any atom is 0.422 e. The van der Waals surface area contributed by atoms with Crippen LogP contribution in [0.15, 0.2) is 24.3 Å². The maximum absolute atomic E-state index is 12.2. The molecule has 1 heterocycles. The van der Waals surface area contributed by atoms with E-state index < -0.39 is 12.8 Å². The summed E-state index contributed by atoms with van der Waals surface area (Å²) in [7, 11) is 0. The highest BCUT2D eigenvalue weighted by Gasteiger charge is 2.29. The third kappa shape index (κ3) is 4.93. The Labute approximate surface area is 120 Å². The Morgan fingerprint density at radius 3 is 2.81 bits per heavy atom. The van der Waals surface area contributed by atoms with E-state index >= 15 is 0 Å². The van der Waals surface area contributed by atoms with Gasteiger partial charge in [0, 0.05) is 6.54 Å². The van der Waals surface area contributed by atoms with Crippen LogP contribution in [-0.4, -0.2) is 31.8 Å². The molecule has 1 aromatic carbocycles. The summed E-state index contributed by atoms with van der Waals surface area (Å²) in [6.45, 7) is 0.0807. The molecule has 2 rings (SSSR count). The lowest BCUT2D eigenvalue weighted by Gasteiger charge is -2.22. The van der Waals surface area contributed by atoms with Crippen molar-refractivity contribution in [2.75, 3.05) is 25.0 Å². The lowest BCUT2D eigenvalue weighted by atomic mass is 9.99. The highest BCUT2D eigenvalue weighted by atomic mass is 19.4. The number of benzene rings is 1. The molecule has 0 spiro atoms. The number of halogens is 3. The van der Waals surface area contributed by atoms with E-state index in [1.807, 2.05) is 0 Å². The first-order chi connectivity index (χ1) is 9.96. The standard InChI is InChI=1S/C14H17F3N2O2/c15-14(16,17)9-21-12-6-2-1-5-11(12)19-13(20)10-4-3-7-18-8-10/h1-2,5-6,10,18H,3-4,7-9H2,(H,19,20)/t10-/m0/s1. The Hall–Kier alpha value is -1.76. The van der Waals surface area contributed by atoms with Crippen molar-refractivity contribution in [3.63, 3.8) is 0 Å². The highest BCUT2D eigenvalue weighted by Crippen LogP contribution is 2.27. The minimum absolute atomic E-state index is 0.0203. The van der Waals surface area contributed by atoms with Crippen LogP contribution >= 0.6 is 0 Å². The molecule has 4 nitrogen and oxygen atoms in total. The molecule has 1 amide bonds. The van der Waals surface area contributed by atoms with Gasteiger partial charge in [-0.15, -0.1) is 0 Å². The third-order valence-electron chi connectivity index (χ3n) is 3.20. The molecule has 1 saturated heterocycles. The van der Waals surface area contributed by atoms with E-state index in [2.05, 4.69) is 10.6 Å². The molecule has 116 valence electrons. The summed E-state index contributed by atoms with van der Waals surface area (Å²) >= 11 is 0. The Morgan fingerprint density at radius 2 is 2.14 bits per heavy atom. The van der Waals surface area contributed by atoms with Crippen LogP contribution in [0.1, 0.15) is 12.8 Å². The second-order valence-electron chi connectivity index (χ2n) is 4.93. The molecule has 1 atom stereocenters. The maximum atomic E-state index is 12.2. The summed E-state index contributed by atoms with van der Waals surface area (Å²) in [4.78, 5) is 12.1. The predicted octanol–water partition coefficient (Wildman–Crippen LogP) is 2.57. The molecule has 21 heavy (non-hydrogen) atoms. The molecule has 2 N–H and O–H groups in total. The van der Waals surface area contributed by atoms with Gasteiger partial charge in [0.1, 0.15) is 5.75 Å². The van der Waals surface area contributed by atoms with Crippen molar-refractivity contribution in [2.45, 2.75) is 19.0 Å². The number of rotatable bonds is 4. The highest BCUT2D eigenvalue weighted by molar-refractivity contribution is 5.94. The van der Waals surface area contributed by atoms with Gasteiger partial charge in [0.05, 0.1) is 11.6 Å². The second kappa shape index (κ2) is 6.80. The van der Waals surface area contributed by atoms with Crippen molar-refractivity contribution in [3.05, 3.63) is 24.3 Å². The average Bonchev–Trinajstić information content (AvgIpc) is 2.46. The van der Waals surface area contributed by atoms with E-state index in [1.54, 1.807) is 12.1 Å². The first kappa shape index (κ1) is 15.6. The van der Waals surface area contributed by atoms with Crippen LogP contribution < -0.4 is 15.4 Å². The smallest absolute Gasteiger partial charge is 0.422 e. The Bertz CT molecular complexity index is 485. The van der Waals surface area contributed by atoms with Crippen LogP contribution in [0.4, 0.5) is 18.9 Å². The van der Waals surface area contributed by atoms with E-state index in [0.29, 0.717) is 6.54 Å². The Balaban J connectivity index is 2.00. The number of piperidine rings is 1. The molecule has 1 aliphatic rings. The first-order valence-corrected chi connectivity index (χ1v) is 6.76. The zero-order valence-corrected chi connectivity index (χ0v) is 11.4. The van der Waals surface area contributed by atoms with Gasteiger partial charge in [0.2, 0.25) is 5.91 Å². The van der Waals surface area contributed by atoms with E-state index in [0.717, 1.165) is 19.4 Å². The van der Waals surface area contributed by atoms with Crippen LogP contribution in [-0.2, 0) is 4.79 Å². The average molecular weight is 302 g/mol. The molecule has 7 heteroatoms. The Kier molecular flexibility index (Phi) is 5.06. The summed E-state index contributed by atoms with van der Waals surface area (Å²) in [5.41, 5.74) is 0.261. The van der Waals surface area contributed by atoms with Crippen molar-refractivity contribution >= 4 is 11.6 Å². The fourth-order valence-electron chi connectivity index (χ4n) is 2.17. The molecular formula is C14H17F3N2O2. The lowest BCUT2D eigenvalue weighted by Crippen LogP contribution is -2.37. The number of nitrogens with one attached hydrogen (secondary N) is 2. The molecule has 1 aromatic rings. The van der Waals surface area contributed by atoms with Crippen LogP contribution in [0.3, 0.4) is 0 Å². The minimum atomic E-state index is -4.41. The van der Waals surface area contributed by atoms with Gasteiger partial charge < -0.3 is 15.4 Å².